The summed E-state index contributed by atoms with van der Waals surface area (Å²) in [5, 5.41) is 34.7. The summed E-state index contributed by atoms with van der Waals surface area (Å²) in [5.74, 6) is -3.18. The van der Waals surface area contributed by atoms with Crippen molar-refractivity contribution in [2.45, 2.75) is 75.2 Å². The summed E-state index contributed by atoms with van der Waals surface area (Å²) < 4.78 is 0. The Balaban J connectivity index is 1.88. The number of nitrogens with one attached hydrogen (secondary N) is 5. The zero-order valence-electron chi connectivity index (χ0n) is 28.7. The number of rotatable bonds is 15. The monoisotopic (exact) mass is 712 g/mol. The first-order chi connectivity index (χ1) is 24.4. The maximum Gasteiger partial charge on any atom is 0.243 e. The molecule has 0 saturated carbocycles. The number of benzene rings is 2. The van der Waals surface area contributed by atoms with Crippen LogP contribution in [0.5, 0.6) is 11.5 Å². The molecule has 17 nitrogen and oxygen atoms in total. The highest BCUT2D eigenvalue weighted by molar-refractivity contribution is 5.95. The van der Waals surface area contributed by atoms with Gasteiger partial charge in [-0.1, -0.05) is 12.1 Å². The second-order valence-electron chi connectivity index (χ2n) is 12.5. The van der Waals surface area contributed by atoms with E-state index in [9.17, 15) is 34.2 Å². The predicted octanol–water partition coefficient (Wildman–Crippen LogP) is -2.97. The molecule has 4 bridgehead atoms. The van der Waals surface area contributed by atoms with Gasteiger partial charge in [0.15, 0.2) is 0 Å². The van der Waals surface area contributed by atoms with Crippen LogP contribution in [0.3, 0.4) is 0 Å². The molecule has 0 unspecified atom stereocenters. The van der Waals surface area contributed by atoms with Crippen LogP contribution in [0.1, 0.15) is 43.2 Å². The topological polar surface area (TPSA) is 316 Å². The molecule has 0 aliphatic carbocycles. The van der Waals surface area contributed by atoms with E-state index in [1.165, 1.54) is 12.1 Å². The van der Waals surface area contributed by atoms with Gasteiger partial charge in [-0.05, 0) is 91.7 Å². The van der Waals surface area contributed by atoms with Crippen molar-refractivity contribution < 1.29 is 34.2 Å². The fraction of sp³-hybridized carbons (Fsp3) is 0.500. The molecule has 1 aliphatic heterocycles. The predicted molar refractivity (Wildman–Crippen MR) is 191 cm³/mol. The number of aromatic hydroxyl groups is 2. The molecule has 0 radical (unpaired) electrons. The van der Waals surface area contributed by atoms with Gasteiger partial charge < -0.3 is 65.5 Å². The Labute approximate surface area is 296 Å². The Morgan fingerprint density at radius 1 is 0.784 bits per heavy atom. The first kappa shape index (κ1) is 40.6. The van der Waals surface area contributed by atoms with E-state index in [1.807, 2.05) is 0 Å². The molecular weight excluding hydrogens is 660 g/mol. The smallest absolute Gasteiger partial charge is 0.243 e. The van der Waals surface area contributed by atoms with Crippen molar-refractivity contribution in [2.24, 2.45) is 28.7 Å². The van der Waals surface area contributed by atoms with Crippen LogP contribution in [0, 0.1) is 0 Å². The van der Waals surface area contributed by atoms with E-state index < -0.39 is 53.8 Å². The molecule has 3 rings (SSSR count). The van der Waals surface area contributed by atoms with Crippen molar-refractivity contribution in [1.82, 2.24) is 26.6 Å². The Morgan fingerprint density at radius 2 is 1.41 bits per heavy atom. The molecule has 0 aromatic heterocycles. The standard InChI is InChI=1S/C34H52N10O7/c35-10-1-4-25-33(50)44-27(34(51)43-26(9-11-36)32(49)40-13-2-3-23(38)30(47)41-14-12-37)18-22-16-20(6-8-29(22)46)19-5-7-28(45)21(15-19)17-24(39)31(48)42-25/h5-8,15-16,23-27,45-46H,1-4,9-14,17-18,35-39H2,(H,40,49)(H,41,47)(H,42,48)(H,43,51)(H,44,50)/t23-,24-,25-,26-,27-/m0/s1. The van der Waals surface area contributed by atoms with Crippen molar-refractivity contribution in [3.05, 3.63) is 47.5 Å². The fourth-order valence-electron chi connectivity index (χ4n) is 5.58. The highest BCUT2D eigenvalue weighted by Gasteiger charge is 2.31. The Hall–Kier alpha value is -4.81. The molecular formula is C34H52N10O7. The van der Waals surface area contributed by atoms with Gasteiger partial charge >= 0.3 is 0 Å². The van der Waals surface area contributed by atoms with Crippen LogP contribution in [0.25, 0.3) is 11.1 Å². The van der Waals surface area contributed by atoms with Crippen LogP contribution in [0.15, 0.2) is 36.4 Å². The minimum Gasteiger partial charge on any atom is -0.508 e. The third kappa shape index (κ3) is 12.2. The van der Waals surface area contributed by atoms with Gasteiger partial charge in [0, 0.05) is 32.5 Å². The Kier molecular flexibility index (Phi) is 16.0. The highest BCUT2D eigenvalue weighted by atomic mass is 16.3. The molecule has 1 aliphatic rings. The number of carbonyl (C=O) groups is 5. The lowest BCUT2D eigenvalue weighted by atomic mass is 9.95. The van der Waals surface area contributed by atoms with Crippen LogP contribution in [0.4, 0.5) is 0 Å². The zero-order chi connectivity index (χ0) is 37.5. The lowest BCUT2D eigenvalue weighted by molar-refractivity contribution is -0.134. The lowest BCUT2D eigenvalue weighted by Gasteiger charge is -2.26. The lowest BCUT2D eigenvalue weighted by Crippen LogP contribution is -2.58. The van der Waals surface area contributed by atoms with Crippen LogP contribution >= 0.6 is 0 Å². The molecule has 5 atom stereocenters. The van der Waals surface area contributed by atoms with Crippen molar-refractivity contribution in [3.8, 4) is 22.6 Å². The van der Waals surface area contributed by atoms with Gasteiger partial charge in [-0.15, -0.1) is 0 Å². The van der Waals surface area contributed by atoms with Gasteiger partial charge in [-0.25, -0.2) is 0 Å². The summed E-state index contributed by atoms with van der Waals surface area (Å²) in [6.07, 6.45) is 0.998. The van der Waals surface area contributed by atoms with Crippen molar-refractivity contribution in [3.63, 3.8) is 0 Å². The van der Waals surface area contributed by atoms with Crippen LogP contribution in [-0.4, -0.2) is 103 Å². The van der Waals surface area contributed by atoms with Crippen molar-refractivity contribution in [2.75, 3.05) is 32.7 Å². The largest absolute Gasteiger partial charge is 0.508 e. The third-order valence-corrected chi connectivity index (χ3v) is 8.52. The highest BCUT2D eigenvalue weighted by Crippen LogP contribution is 2.31. The average molecular weight is 713 g/mol. The number of amides is 5. The number of nitrogens with two attached hydrogens (primary N) is 5. The maximum atomic E-state index is 13.9. The molecule has 51 heavy (non-hydrogen) atoms. The average Bonchev–Trinajstić information content (AvgIpc) is 3.11. The van der Waals surface area contributed by atoms with E-state index in [-0.39, 0.29) is 69.3 Å². The summed E-state index contributed by atoms with van der Waals surface area (Å²) in [7, 11) is 0. The summed E-state index contributed by atoms with van der Waals surface area (Å²) in [6.45, 7) is 1.01. The van der Waals surface area contributed by atoms with Gasteiger partial charge in [0.2, 0.25) is 29.5 Å². The summed E-state index contributed by atoms with van der Waals surface area (Å²) in [5.41, 5.74) is 31.0. The first-order valence-electron chi connectivity index (χ1n) is 17.1. The van der Waals surface area contributed by atoms with Gasteiger partial charge in [0.25, 0.3) is 0 Å². The quantitative estimate of drug-likeness (QED) is 0.0824. The summed E-state index contributed by atoms with van der Waals surface area (Å²) in [4.78, 5) is 65.9. The molecule has 0 spiro atoms. The van der Waals surface area contributed by atoms with E-state index in [4.69, 9.17) is 28.7 Å². The van der Waals surface area contributed by atoms with E-state index in [0.29, 0.717) is 48.1 Å². The molecule has 17 heteroatoms. The second kappa shape index (κ2) is 20.1. The molecule has 2 aromatic rings. The Bertz CT molecular complexity index is 1520. The van der Waals surface area contributed by atoms with E-state index >= 15 is 0 Å². The fourth-order valence-corrected chi connectivity index (χ4v) is 5.58. The van der Waals surface area contributed by atoms with Gasteiger partial charge in [-0.3, -0.25) is 24.0 Å². The molecule has 280 valence electrons. The van der Waals surface area contributed by atoms with Gasteiger partial charge in [0.1, 0.15) is 29.6 Å². The number of phenolic OH excluding ortho intramolecular Hbond substituents is 2. The summed E-state index contributed by atoms with van der Waals surface area (Å²) >= 11 is 0. The number of hydrogen-bond donors (Lipinski definition) is 12. The van der Waals surface area contributed by atoms with Gasteiger partial charge in [0.05, 0.1) is 12.1 Å². The second-order valence-corrected chi connectivity index (χ2v) is 12.5. The molecule has 1 heterocycles. The molecule has 5 amide bonds. The Morgan fingerprint density at radius 3 is 2.02 bits per heavy atom. The van der Waals surface area contributed by atoms with E-state index in [1.54, 1.807) is 24.3 Å². The SMILES string of the molecule is NCCC[C@@H]1NC(=O)[C@@H](N)Cc2cc(ccc2O)-c2ccc(O)c(c2)C[C@@H](C(=O)N[C@@H](CCN)C(=O)NCCC[C@H](N)C(=O)NCCN)NC1=O. The number of phenols is 2. The summed E-state index contributed by atoms with van der Waals surface area (Å²) in [6, 6.07) is 4.13. The minimum absolute atomic E-state index is 0.0335. The van der Waals surface area contributed by atoms with Crippen LogP contribution in [0.2, 0.25) is 0 Å². The number of hydrogen-bond acceptors (Lipinski definition) is 12. The first-order valence-corrected chi connectivity index (χ1v) is 17.1. The molecule has 0 fully saturated rings. The van der Waals surface area contributed by atoms with E-state index in [2.05, 4.69) is 26.6 Å². The zero-order valence-corrected chi connectivity index (χ0v) is 28.7. The van der Waals surface area contributed by atoms with Crippen molar-refractivity contribution in [1.29, 1.82) is 0 Å². The minimum atomic E-state index is -1.32. The number of carbonyl (C=O) groups excluding carboxylic acids is 5. The molecule has 0 saturated heterocycles. The molecule has 17 N–H and O–H groups in total. The van der Waals surface area contributed by atoms with Crippen LogP contribution in [-0.2, 0) is 36.8 Å². The normalized spacial score (nSPS) is 19.0. The van der Waals surface area contributed by atoms with E-state index in [0.717, 1.165) is 0 Å². The molecule has 2 aromatic carbocycles. The maximum absolute atomic E-state index is 13.9. The van der Waals surface area contributed by atoms with Gasteiger partial charge in [-0.2, -0.15) is 0 Å². The van der Waals surface area contributed by atoms with Crippen LogP contribution < -0.4 is 55.3 Å². The van der Waals surface area contributed by atoms with Crippen molar-refractivity contribution >= 4 is 29.5 Å². The number of fused-ring (bicyclic) bond motifs is 5. The third-order valence-electron chi connectivity index (χ3n) is 8.52.